The fourth-order valence-electron chi connectivity index (χ4n) is 3.35. The van der Waals surface area contributed by atoms with E-state index in [1.54, 1.807) is 6.20 Å². The number of aromatic nitrogens is 4. The molecule has 0 amide bonds. The molecule has 0 bridgehead atoms. The normalized spacial score (nSPS) is 13.2. The molecule has 4 rings (SSSR count). The number of rotatable bonds is 5. The molecule has 1 aliphatic heterocycles. The van der Waals surface area contributed by atoms with Gasteiger partial charge in [0.1, 0.15) is 11.6 Å². The molecule has 0 unspecified atom stereocenters. The number of nitrogens with zero attached hydrogens (tertiary/aromatic N) is 5. The van der Waals surface area contributed by atoms with Crippen LogP contribution in [0.3, 0.4) is 0 Å². The molecule has 1 aliphatic rings. The van der Waals surface area contributed by atoms with Crippen molar-refractivity contribution in [2.24, 2.45) is 0 Å². The first-order chi connectivity index (χ1) is 14.1. The second-order valence-corrected chi connectivity index (χ2v) is 7.01. The first kappa shape index (κ1) is 24.7. The van der Waals surface area contributed by atoms with Gasteiger partial charge in [-0.3, -0.25) is 4.98 Å². The van der Waals surface area contributed by atoms with Gasteiger partial charge in [-0.1, -0.05) is 13.0 Å². The number of piperidine rings is 1. The number of hydrogen-bond acceptors (Lipinski definition) is 7. The van der Waals surface area contributed by atoms with Gasteiger partial charge in [0.25, 0.3) is 0 Å². The van der Waals surface area contributed by atoms with Gasteiger partial charge in [0.05, 0.1) is 6.20 Å². The van der Waals surface area contributed by atoms with E-state index in [0.717, 1.165) is 49.3 Å². The molecular weight excluding hydrogens is 407 g/mol. The Bertz CT molecular complexity index is 937. The molecule has 0 spiro atoms. The van der Waals surface area contributed by atoms with Crippen LogP contribution in [-0.4, -0.2) is 38.6 Å². The Kier molecular flexibility index (Phi) is 10.2. The summed E-state index contributed by atoms with van der Waals surface area (Å²) in [4.78, 5) is 20.4. The van der Waals surface area contributed by atoms with Gasteiger partial charge in [0.2, 0.25) is 0 Å². The maximum atomic E-state index is 8.89. The van der Waals surface area contributed by atoms with E-state index in [1.807, 2.05) is 23.0 Å². The fourth-order valence-corrected chi connectivity index (χ4v) is 3.35. The van der Waals surface area contributed by atoms with Crippen LogP contribution in [0.25, 0.3) is 5.65 Å². The summed E-state index contributed by atoms with van der Waals surface area (Å²) in [6, 6.07) is 6.16. The smallest absolute Gasteiger partial charge is 0.550 e. The first-order valence-corrected chi connectivity index (χ1v) is 10.0. The zero-order valence-corrected chi connectivity index (χ0v) is 21.1. The summed E-state index contributed by atoms with van der Waals surface area (Å²) in [5.41, 5.74) is 3.29. The van der Waals surface area contributed by atoms with E-state index >= 15 is 0 Å². The molecule has 0 saturated carbocycles. The largest absolute Gasteiger partial charge is 1.00 e. The molecular formula is C21H27KN6O2. The maximum Gasteiger partial charge on any atom is 1.00 e. The summed E-state index contributed by atoms with van der Waals surface area (Å²) in [6.07, 6.45) is 10.3. The summed E-state index contributed by atoms with van der Waals surface area (Å²) < 4.78 is 1.92. The minimum atomic E-state index is -1.08. The average molecular weight is 435 g/mol. The first-order valence-electron chi connectivity index (χ1n) is 10.0. The number of carbonyl (C=O) groups excluding carboxylic acids is 1. The number of nitrogens with one attached hydrogen (secondary N) is 1. The van der Waals surface area contributed by atoms with Gasteiger partial charge in [-0.15, -0.1) is 0 Å². The molecule has 0 aliphatic carbocycles. The second kappa shape index (κ2) is 12.4. The second-order valence-electron chi connectivity index (χ2n) is 7.01. The molecule has 8 nitrogen and oxygen atoms in total. The topological polar surface area (TPSA) is 98.5 Å². The number of anilines is 2. The number of carbonyl (C=O) groups is 1. The summed E-state index contributed by atoms with van der Waals surface area (Å²) in [6.45, 7) is 6.00. The fraction of sp³-hybridized carbons (Fsp3) is 0.429. The predicted molar refractivity (Wildman–Crippen MR) is 111 cm³/mol. The number of hydrogen-bond donors (Lipinski definition) is 1. The van der Waals surface area contributed by atoms with Crippen LogP contribution in [0.1, 0.15) is 44.2 Å². The number of fused-ring (bicyclic) bond motifs is 1. The minimum absolute atomic E-state index is 0. The van der Waals surface area contributed by atoms with Crippen LogP contribution >= 0.6 is 0 Å². The van der Waals surface area contributed by atoms with Crippen LogP contribution in [0, 0.1) is 0 Å². The van der Waals surface area contributed by atoms with Gasteiger partial charge >= 0.3 is 51.4 Å². The number of pyridine rings is 1. The molecule has 154 valence electrons. The van der Waals surface area contributed by atoms with Crippen molar-refractivity contribution in [3.63, 3.8) is 0 Å². The van der Waals surface area contributed by atoms with Gasteiger partial charge in [0, 0.05) is 49.6 Å². The predicted octanol–water partition coefficient (Wildman–Crippen LogP) is -0.951. The Balaban J connectivity index is 0.000000591. The maximum absolute atomic E-state index is 8.89. The average Bonchev–Trinajstić information content (AvgIpc) is 3.16. The van der Waals surface area contributed by atoms with E-state index in [2.05, 4.69) is 39.4 Å². The summed E-state index contributed by atoms with van der Waals surface area (Å²) in [5, 5.41) is 16.9. The molecule has 3 aromatic heterocycles. The summed E-state index contributed by atoms with van der Waals surface area (Å²) >= 11 is 0. The van der Waals surface area contributed by atoms with Crippen LogP contribution in [0.15, 0.2) is 36.8 Å². The Labute approximate surface area is 219 Å². The van der Waals surface area contributed by atoms with Crippen LogP contribution < -0.4 is 66.7 Å². The molecule has 1 fully saturated rings. The van der Waals surface area contributed by atoms with Crippen LogP contribution in [0.4, 0.5) is 11.6 Å². The van der Waals surface area contributed by atoms with E-state index in [4.69, 9.17) is 14.9 Å². The third-order valence-corrected chi connectivity index (χ3v) is 4.79. The molecule has 3 aromatic rings. The Morgan fingerprint density at radius 1 is 1.23 bits per heavy atom. The zero-order chi connectivity index (χ0) is 20.6. The Morgan fingerprint density at radius 2 is 1.97 bits per heavy atom. The van der Waals surface area contributed by atoms with Gasteiger partial charge in [-0.2, -0.15) is 9.61 Å². The number of carboxylic acid groups (broad SMARTS) is 1. The van der Waals surface area contributed by atoms with Crippen molar-refractivity contribution in [2.75, 3.05) is 23.3 Å². The van der Waals surface area contributed by atoms with E-state index in [-0.39, 0.29) is 51.4 Å². The molecule has 1 N–H and O–H groups in total. The molecule has 9 heteroatoms. The van der Waals surface area contributed by atoms with Crippen molar-refractivity contribution < 1.29 is 61.3 Å². The SMILES string of the molecule is CC(=O)[O-].CCc1cnn2c(NCc3cccnc3)cc(N3CCCCC3)nc12.[K+]. The van der Waals surface area contributed by atoms with Crippen molar-refractivity contribution in [3.05, 3.63) is 47.9 Å². The van der Waals surface area contributed by atoms with Gasteiger partial charge in [0.15, 0.2) is 5.65 Å². The van der Waals surface area contributed by atoms with Gasteiger partial charge in [-0.05, 0) is 44.2 Å². The number of carboxylic acids is 1. The third-order valence-electron chi connectivity index (χ3n) is 4.79. The minimum Gasteiger partial charge on any atom is -0.550 e. The number of aliphatic carboxylic acids is 1. The molecule has 30 heavy (non-hydrogen) atoms. The van der Waals surface area contributed by atoms with E-state index in [0.29, 0.717) is 6.54 Å². The van der Waals surface area contributed by atoms with Crippen molar-refractivity contribution in [3.8, 4) is 0 Å². The van der Waals surface area contributed by atoms with Crippen molar-refractivity contribution in [1.29, 1.82) is 0 Å². The van der Waals surface area contributed by atoms with E-state index in [1.165, 1.54) is 24.8 Å². The van der Waals surface area contributed by atoms with E-state index in [9.17, 15) is 0 Å². The Hall–Kier alpha value is -1.52. The molecule has 4 heterocycles. The van der Waals surface area contributed by atoms with Gasteiger partial charge in [-0.25, -0.2) is 4.98 Å². The zero-order valence-electron chi connectivity index (χ0n) is 18.0. The van der Waals surface area contributed by atoms with Crippen LogP contribution in [0.5, 0.6) is 0 Å². The molecule has 1 saturated heterocycles. The monoisotopic (exact) mass is 434 g/mol. The molecule has 0 radical (unpaired) electrons. The van der Waals surface area contributed by atoms with Crippen molar-refractivity contribution in [2.45, 2.75) is 46.1 Å². The summed E-state index contributed by atoms with van der Waals surface area (Å²) in [7, 11) is 0. The van der Waals surface area contributed by atoms with Crippen LogP contribution in [0.2, 0.25) is 0 Å². The number of aryl methyl sites for hydroxylation is 1. The molecule has 0 atom stereocenters. The molecule has 0 aromatic carbocycles. The van der Waals surface area contributed by atoms with E-state index < -0.39 is 5.97 Å². The van der Waals surface area contributed by atoms with Crippen LogP contribution in [-0.2, 0) is 17.8 Å². The standard InChI is InChI=1S/C19H24N6.C2H4O2.K/c1-2-16-14-22-25-17(21-13-15-7-6-8-20-12-15)11-18(23-19(16)25)24-9-4-3-5-10-24;1-2(3)4;/h6-8,11-12,14,21H,2-5,9-10,13H2,1H3;1H3,(H,3,4);/q;;+1/p-1. The van der Waals surface area contributed by atoms with Crippen molar-refractivity contribution in [1.82, 2.24) is 19.6 Å². The van der Waals surface area contributed by atoms with Gasteiger partial charge < -0.3 is 20.1 Å². The quantitative estimate of drug-likeness (QED) is 0.517. The van der Waals surface area contributed by atoms with Crippen molar-refractivity contribution >= 4 is 23.3 Å². The summed E-state index contributed by atoms with van der Waals surface area (Å²) in [5.74, 6) is 0.949. The Morgan fingerprint density at radius 3 is 2.60 bits per heavy atom. The third kappa shape index (κ3) is 6.74.